The summed E-state index contributed by atoms with van der Waals surface area (Å²) in [4.78, 5) is 0. The SMILES string of the molecule is C[C@@H](O)c1cn(CC(C)(C)O)nn1. The molecular formula is C8H15N3O2. The Bertz CT molecular complexity index is 275. The summed E-state index contributed by atoms with van der Waals surface area (Å²) in [6.07, 6.45) is 1.01. The largest absolute Gasteiger partial charge is 0.389 e. The molecule has 13 heavy (non-hydrogen) atoms. The van der Waals surface area contributed by atoms with Gasteiger partial charge >= 0.3 is 0 Å². The van der Waals surface area contributed by atoms with E-state index in [1.807, 2.05) is 0 Å². The van der Waals surface area contributed by atoms with Crippen LogP contribution in [0.1, 0.15) is 32.6 Å². The van der Waals surface area contributed by atoms with Crippen LogP contribution in [0.4, 0.5) is 0 Å². The number of nitrogens with zero attached hydrogens (tertiary/aromatic N) is 3. The molecule has 0 fully saturated rings. The molecule has 0 aromatic carbocycles. The van der Waals surface area contributed by atoms with Crippen LogP contribution in [-0.2, 0) is 6.54 Å². The quantitative estimate of drug-likeness (QED) is 0.700. The van der Waals surface area contributed by atoms with Crippen molar-refractivity contribution in [1.82, 2.24) is 15.0 Å². The van der Waals surface area contributed by atoms with Crippen LogP contribution in [0.5, 0.6) is 0 Å². The van der Waals surface area contributed by atoms with Crippen LogP contribution in [0.15, 0.2) is 6.20 Å². The van der Waals surface area contributed by atoms with Crippen LogP contribution < -0.4 is 0 Å². The lowest BCUT2D eigenvalue weighted by Crippen LogP contribution is -2.26. The lowest BCUT2D eigenvalue weighted by Gasteiger charge is -2.15. The molecule has 0 radical (unpaired) electrons. The highest BCUT2D eigenvalue weighted by molar-refractivity contribution is 4.95. The van der Waals surface area contributed by atoms with E-state index >= 15 is 0 Å². The Balaban J connectivity index is 2.70. The number of hydrogen-bond acceptors (Lipinski definition) is 4. The predicted molar refractivity (Wildman–Crippen MR) is 47.0 cm³/mol. The van der Waals surface area contributed by atoms with E-state index in [0.717, 1.165) is 0 Å². The van der Waals surface area contributed by atoms with E-state index in [9.17, 15) is 5.11 Å². The van der Waals surface area contributed by atoms with Crippen LogP contribution in [-0.4, -0.2) is 30.8 Å². The summed E-state index contributed by atoms with van der Waals surface area (Å²) in [6, 6.07) is 0. The zero-order valence-electron chi connectivity index (χ0n) is 8.10. The van der Waals surface area contributed by atoms with Gasteiger partial charge in [0.2, 0.25) is 0 Å². The van der Waals surface area contributed by atoms with E-state index < -0.39 is 11.7 Å². The Hall–Kier alpha value is -0.940. The van der Waals surface area contributed by atoms with E-state index in [4.69, 9.17) is 5.11 Å². The predicted octanol–water partition coefficient (Wildman–Crippen LogP) is 0.102. The minimum Gasteiger partial charge on any atom is -0.389 e. The van der Waals surface area contributed by atoms with Crippen molar-refractivity contribution in [2.45, 2.75) is 39.0 Å². The van der Waals surface area contributed by atoms with Crippen LogP contribution in [0.2, 0.25) is 0 Å². The fraction of sp³-hybridized carbons (Fsp3) is 0.750. The van der Waals surface area contributed by atoms with Gasteiger partial charge in [0.15, 0.2) is 0 Å². The second kappa shape index (κ2) is 3.43. The number of hydrogen-bond donors (Lipinski definition) is 2. The van der Waals surface area contributed by atoms with Crippen molar-refractivity contribution in [2.24, 2.45) is 0 Å². The van der Waals surface area contributed by atoms with Crippen molar-refractivity contribution in [1.29, 1.82) is 0 Å². The monoisotopic (exact) mass is 185 g/mol. The van der Waals surface area contributed by atoms with Crippen molar-refractivity contribution in [3.63, 3.8) is 0 Å². The first-order chi connectivity index (χ1) is 5.88. The third kappa shape index (κ3) is 3.12. The number of aliphatic hydroxyl groups excluding tert-OH is 1. The normalized spacial score (nSPS) is 14.5. The van der Waals surface area contributed by atoms with Gasteiger partial charge in [-0.1, -0.05) is 5.21 Å². The van der Waals surface area contributed by atoms with Gasteiger partial charge in [0.25, 0.3) is 0 Å². The van der Waals surface area contributed by atoms with Crippen LogP contribution in [0.3, 0.4) is 0 Å². The second-order valence-corrected chi connectivity index (χ2v) is 3.83. The first-order valence-electron chi connectivity index (χ1n) is 4.19. The third-order valence-electron chi connectivity index (χ3n) is 1.53. The van der Waals surface area contributed by atoms with Gasteiger partial charge < -0.3 is 10.2 Å². The van der Waals surface area contributed by atoms with Crippen molar-refractivity contribution < 1.29 is 10.2 Å². The lowest BCUT2D eigenvalue weighted by atomic mass is 10.1. The fourth-order valence-electron chi connectivity index (χ4n) is 0.979. The van der Waals surface area contributed by atoms with Gasteiger partial charge in [-0.2, -0.15) is 0 Å². The molecule has 1 aromatic rings. The van der Waals surface area contributed by atoms with Gasteiger partial charge in [-0.3, -0.25) is 0 Å². The molecule has 0 saturated heterocycles. The zero-order valence-corrected chi connectivity index (χ0v) is 8.10. The maximum atomic E-state index is 9.47. The van der Waals surface area contributed by atoms with E-state index in [1.54, 1.807) is 27.0 Å². The molecule has 0 amide bonds. The van der Waals surface area contributed by atoms with Gasteiger partial charge in [-0.15, -0.1) is 5.10 Å². The average molecular weight is 185 g/mol. The molecule has 1 rings (SSSR count). The van der Waals surface area contributed by atoms with Crippen LogP contribution >= 0.6 is 0 Å². The molecule has 1 aromatic heterocycles. The summed E-state index contributed by atoms with van der Waals surface area (Å²) >= 11 is 0. The first kappa shape index (κ1) is 10.1. The van der Waals surface area contributed by atoms with Gasteiger partial charge in [0, 0.05) is 0 Å². The summed E-state index contributed by atoms with van der Waals surface area (Å²) in [5.74, 6) is 0. The fourth-order valence-corrected chi connectivity index (χ4v) is 0.979. The van der Waals surface area contributed by atoms with Crippen molar-refractivity contribution in [2.75, 3.05) is 0 Å². The molecule has 0 saturated carbocycles. The summed E-state index contributed by atoms with van der Waals surface area (Å²) < 4.78 is 1.52. The highest BCUT2D eigenvalue weighted by Crippen LogP contribution is 2.09. The summed E-state index contributed by atoms with van der Waals surface area (Å²) in [5, 5.41) is 26.1. The van der Waals surface area contributed by atoms with E-state index in [0.29, 0.717) is 12.2 Å². The van der Waals surface area contributed by atoms with Crippen molar-refractivity contribution in [3.05, 3.63) is 11.9 Å². The molecule has 0 bridgehead atoms. The minimum atomic E-state index is -0.816. The summed E-state index contributed by atoms with van der Waals surface area (Å²) in [6.45, 7) is 5.37. The van der Waals surface area contributed by atoms with E-state index in [1.165, 1.54) is 4.68 Å². The summed E-state index contributed by atoms with van der Waals surface area (Å²) in [5.41, 5.74) is -0.298. The summed E-state index contributed by atoms with van der Waals surface area (Å²) in [7, 11) is 0. The smallest absolute Gasteiger partial charge is 0.111 e. The average Bonchev–Trinajstić information content (AvgIpc) is 2.31. The molecule has 0 aliphatic rings. The molecule has 0 aliphatic heterocycles. The molecular weight excluding hydrogens is 170 g/mol. The Morgan fingerprint density at radius 1 is 1.62 bits per heavy atom. The number of rotatable bonds is 3. The zero-order chi connectivity index (χ0) is 10.1. The molecule has 5 nitrogen and oxygen atoms in total. The molecule has 1 heterocycles. The van der Waals surface area contributed by atoms with Gasteiger partial charge in [-0.25, -0.2) is 4.68 Å². The molecule has 0 unspecified atom stereocenters. The lowest BCUT2D eigenvalue weighted by molar-refractivity contribution is 0.0571. The highest BCUT2D eigenvalue weighted by atomic mass is 16.3. The van der Waals surface area contributed by atoms with Crippen LogP contribution in [0.25, 0.3) is 0 Å². The molecule has 2 N–H and O–H groups in total. The standard InChI is InChI=1S/C8H15N3O2/c1-6(12)7-4-11(10-9-7)5-8(2,3)13/h4,6,12-13H,5H2,1-3H3/t6-/m1/s1. The Morgan fingerprint density at radius 3 is 2.62 bits per heavy atom. The molecule has 0 aliphatic carbocycles. The highest BCUT2D eigenvalue weighted by Gasteiger charge is 2.15. The van der Waals surface area contributed by atoms with Crippen molar-refractivity contribution in [3.8, 4) is 0 Å². The van der Waals surface area contributed by atoms with Gasteiger partial charge in [0.05, 0.1) is 24.4 Å². The van der Waals surface area contributed by atoms with E-state index in [2.05, 4.69) is 10.3 Å². The Kier molecular flexibility index (Phi) is 2.68. The first-order valence-corrected chi connectivity index (χ1v) is 4.19. The maximum Gasteiger partial charge on any atom is 0.111 e. The second-order valence-electron chi connectivity index (χ2n) is 3.83. The molecule has 1 atom stereocenters. The molecule has 0 spiro atoms. The van der Waals surface area contributed by atoms with Gasteiger partial charge in [0.1, 0.15) is 5.69 Å². The maximum absolute atomic E-state index is 9.47. The Morgan fingerprint density at radius 2 is 2.23 bits per heavy atom. The van der Waals surface area contributed by atoms with Crippen molar-refractivity contribution >= 4 is 0 Å². The van der Waals surface area contributed by atoms with Crippen LogP contribution in [0, 0.1) is 0 Å². The van der Waals surface area contributed by atoms with Gasteiger partial charge in [-0.05, 0) is 20.8 Å². The number of aliphatic hydroxyl groups is 2. The molecule has 74 valence electrons. The Labute approximate surface area is 77.0 Å². The third-order valence-corrected chi connectivity index (χ3v) is 1.53. The molecule has 5 heteroatoms. The minimum absolute atomic E-state index is 0.368. The topological polar surface area (TPSA) is 71.2 Å². The number of aromatic nitrogens is 3. The van der Waals surface area contributed by atoms with E-state index in [-0.39, 0.29) is 0 Å².